The maximum absolute atomic E-state index is 13.5. The first-order valence-corrected chi connectivity index (χ1v) is 11.3. The quantitative estimate of drug-likeness (QED) is 0.378. The molecule has 0 bridgehead atoms. The molecule has 1 fully saturated rings. The average Bonchev–Trinajstić information content (AvgIpc) is 3.51. The van der Waals surface area contributed by atoms with E-state index in [4.69, 9.17) is 0 Å². The zero-order valence-electron chi connectivity index (χ0n) is 20.2. The molecule has 2 atom stereocenters. The number of nitrogens with zero attached hydrogens (tertiary/aromatic N) is 3. The predicted octanol–water partition coefficient (Wildman–Crippen LogP) is -1.44. The number of carboxylic acid groups (broad SMARTS) is 1. The summed E-state index contributed by atoms with van der Waals surface area (Å²) in [5.74, 6) is -1.98. The van der Waals surface area contributed by atoms with E-state index in [2.05, 4.69) is 5.10 Å². The van der Waals surface area contributed by atoms with Crippen molar-refractivity contribution in [3.63, 3.8) is 0 Å². The molecule has 0 unspecified atom stereocenters. The Hall–Kier alpha value is -1.78. The van der Waals surface area contributed by atoms with Crippen molar-refractivity contribution in [1.82, 2.24) is 14.7 Å². The average molecular weight is 484 g/mol. The first kappa shape index (κ1) is 28.5. The number of carboxylic acids is 1. The Morgan fingerprint density at radius 1 is 1.21 bits per heavy atom. The molecule has 1 aliphatic carbocycles. The van der Waals surface area contributed by atoms with Crippen LogP contribution >= 0.6 is 0 Å². The van der Waals surface area contributed by atoms with Crippen LogP contribution in [0.15, 0.2) is 24.3 Å². The molecule has 34 heavy (non-hydrogen) atoms. The van der Waals surface area contributed by atoms with Gasteiger partial charge in [-0.15, -0.1) is 0 Å². The minimum atomic E-state index is -1.38. The molecule has 2 aromatic rings. The van der Waals surface area contributed by atoms with E-state index in [-0.39, 0.29) is 60.3 Å². The summed E-state index contributed by atoms with van der Waals surface area (Å²) in [5, 5.41) is 35.5. The molecule has 1 aliphatic rings. The molecule has 3 rings (SSSR count). The van der Waals surface area contributed by atoms with Gasteiger partial charge >= 0.3 is 29.6 Å². The molecule has 0 spiro atoms. The first-order chi connectivity index (χ1) is 15.6. The van der Waals surface area contributed by atoms with Gasteiger partial charge in [-0.1, -0.05) is 13.8 Å². The summed E-state index contributed by atoms with van der Waals surface area (Å²) in [7, 11) is 1.77. The summed E-state index contributed by atoms with van der Waals surface area (Å²) in [6, 6.07) is 6.00. The number of carbonyl (C=O) groups excluding carboxylic acids is 2. The molecule has 180 valence electrons. The Morgan fingerprint density at radius 3 is 2.35 bits per heavy atom. The number of carbonyl (C=O) groups is 2. The fraction of sp³-hybridized carbons (Fsp3) is 0.542. The number of aromatic nitrogens is 2. The van der Waals surface area contributed by atoms with Crippen molar-refractivity contribution in [3.05, 3.63) is 47.0 Å². The largest absolute Gasteiger partial charge is 1.00 e. The molecular weight excluding hydrogens is 452 g/mol. The second-order valence-electron chi connectivity index (χ2n) is 9.06. The molecule has 1 heterocycles. The fourth-order valence-electron chi connectivity index (χ4n) is 4.07. The number of aliphatic hydroxyl groups is 2. The van der Waals surface area contributed by atoms with Gasteiger partial charge in [-0.05, 0) is 62.3 Å². The van der Waals surface area contributed by atoms with E-state index in [1.165, 1.54) is 12.1 Å². The van der Waals surface area contributed by atoms with E-state index >= 15 is 0 Å². The van der Waals surface area contributed by atoms with Crippen LogP contribution in [0.4, 0.5) is 4.39 Å². The van der Waals surface area contributed by atoms with Gasteiger partial charge in [0.05, 0.1) is 17.9 Å². The van der Waals surface area contributed by atoms with Gasteiger partial charge in [-0.3, -0.25) is 4.79 Å². The summed E-state index contributed by atoms with van der Waals surface area (Å²) in [5.41, 5.74) is 2.41. The van der Waals surface area contributed by atoms with Crippen LogP contribution in [0.2, 0.25) is 0 Å². The second kappa shape index (κ2) is 12.3. The van der Waals surface area contributed by atoms with Crippen LogP contribution in [0.25, 0.3) is 5.69 Å². The van der Waals surface area contributed by atoms with Crippen molar-refractivity contribution < 1.29 is 58.9 Å². The van der Waals surface area contributed by atoms with Gasteiger partial charge in [0.1, 0.15) is 5.82 Å². The molecule has 1 aromatic heterocycles. The van der Waals surface area contributed by atoms with Gasteiger partial charge in [0.15, 0.2) is 5.69 Å². The zero-order valence-corrected chi connectivity index (χ0v) is 22.2. The van der Waals surface area contributed by atoms with Crippen LogP contribution in [0.5, 0.6) is 0 Å². The Labute approximate surface area is 221 Å². The first-order valence-electron chi connectivity index (χ1n) is 11.3. The molecule has 8 nitrogen and oxygen atoms in total. The minimum absolute atomic E-state index is 0. The molecule has 0 saturated heterocycles. The third-order valence-electron chi connectivity index (χ3n) is 5.95. The Kier molecular flexibility index (Phi) is 10.3. The van der Waals surface area contributed by atoms with Gasteiger partial charge in [-0.25, -0.2) is 9.07 Å². The predicted molar refractivity (Wildman–Crippen MR) is 117 cm³/mol. The van der Waals surface area contributed by atoms with Crippen molar-refractivity contribution >= 4 is 11.9 Å². The SMILES string of the molecule is CC(C)c1c(C(=O)N(C)C2CC2)nn(-c2ccc(F)cc2)c1CC[C@@H](O)C[C@@H](O)CC(=O)[O-].[Na+]. The van der Waals surface area contributed by atoms with E-state index < -0.39 is 30.4 Å². The number of aliphatic hydroxyl groups excluding tert-OH is 2. The van der Waals surface area contributed by atoms with E-state index in [9.17, 15) is 29.3 Å². The number of aliphatic carboxylic acids is 1. The minimum Gasteiger partial charge on any atom is -0.550 e. The Balaban J connectivity index is 0.00000408. The van der Waals surface area contributed by atoms with Crippen LogP contribution < -0.4 is 34.7 Å². The maximum Gasteiger partial charge on any atom is 1.00 e. The van der Waals surface area contributed by atoms with E-state index in [1.807, 2.05) is 13.8 Å². The van der Waals surface area contributed by atoms with Crippen LogP contribution in [0.3, 0.4) is 0 Å². The van der Waals surface area contributed by atoms with Crippen LogP contribution in [-0.2, 0) is 11.2 Å². The van der Waals surface area contributed by atoms with Crippen molar-refractivity contribution in [1.29, 1.82) is 0 Å². The summed E-state index contributed by atoms with van der Waals surface area (Å²) < 4.78 is 15.1. The van der Waals surface area contributed by atoms with Crippen LogP contribution in [-0.4, -0.2) is 62.1 Å². The number of halogens is 1. The van der Waals surface area contributed by atoms with Gasteiger partial charge in [0.25, 0.3) is 5.91 Å². The summed E-state index contributed by atoms with van der Waals surface area (Å²) in [4.78, 5) is 25.6. The summed E-state index contributed by atoms with van der Waals surface area (Å²) in [6.45, 7) is 3.92. The molecule has 1 amide bonds. The zero-order chi connectivity index (χ0) is 24.3. The van der Waals surface area contributed by atoms with Gasteiger partial charge in [0, 0.05) is 36.7 Å². The number of amides is 1. The summed E-state index contributed by atoms with van der Waals surface area (Å²) in [6.07, 6.45) is -0.332. The normalized spacial score (nSPS) is 15.0. The number of rotatable bonds is 11. The number of benzene rings is 1. The van der Waals surface area contributed by atoms with Crippen molar-refractivity contribution in [3.8, 4) is 5.69 Å². The third kappa shape index (κ3) is 7.11. The number of hydrogen-bond acceptors (Lipinski definition) is 6. The second-order valence-corrected chi connectivity index (χ2v) is 9.06. The van der Waals surface area contributed by atoms with Crippen LogP contribution in [0, 0.1) is 5.82 Å². The van der Waals surface area contributed by atoms with Gasteiger partial charge < -0.3 is 25.0 Å². The third-order valence-corrected chi connectivity index (χ3v) is 5.95. The van der Waals surface area contributed by atoms with E-state index in [0.29, 0.717) is 17.8 Å². The topological polar surface area (TPSA) is 119 Å². The number of hydrogen-bond donors (Lipinski definition) is 2. The molecule has 0 aliphatic heterocycles. The standard InChI is InChI=1S/C24H32FN3O5.Na/c1-14(2)22-20(11-10-18(29)12-19(30)13-21(31)32)28(17-6-4-15(25)5-7-17)26-23(22)24(33)27(3)16-8-9-16;/h4-7,14,16,18-19,29-30H,8-13H2,1-3H3,(H,31,32);/q;+1/p-1/t18-,19-;/m1./s1. The summed E-state index contributed by atoms with van der Waals surface area (Å²) >= 11 is 0. The smallest absolute Gasteiger partial charge is 0.550 e. The fourth-order valence-corrected chi connectivity index (χ4v) is 4.07. The molecule has 1 aromatic carbocycles. The maximum atomic E-state index is 13.5. The van der Waals surface area contributed by atoms with Gasteiger partial charge in [0.2, 0.25) is 0 Å². The molecule has 1 saturated carbocycles. The van der Waals surface area contributed by atoms with Crippen molar-refractivity contribution in [2.75, 3.05) is 7.05 Å². The van der Waals surface area contributed by atoms with E-state index in [0.717, 1.165) is 24.1 Å². The van der Waals surface area contributed by atoms with Gasteiger partial charge in [-0.2, -0.15) is 5.10 Å². The Bertz CT molecular complexity index is 991. The molecule has 0 radical (unpaired) electrons. The Morgan fingerprint density at radius 2 is 1.82 bits per heavy atom. The molecule has 10 heteroatoms. The molecule has 2 N–H and O–H groups in total. The monoisotopic (exact) mass is 483 g/mol. The van der Waals surface area contributed by atoms with Crippen molar-refractivity contribution in [2.45, 2.75) is 76.5 Å². The molecular formula is C24H31FN3NaO5. The van der Waals surface area contributed by atoms with Crippen LogP contribution in [0.1, 0.15) is 73.6 Å². The van der Waals surface area contributed by atoms with E-state index in [1.54, 1.807) is 28.8 Å². The van der Waals surface area contributed by atoms with Crippen molar-refractivity contribution in [2.24, 2.45) is 0 Å².